The minimum Gasteiger partial charge on any atom is -0.497 e. The van der Waals surface area contributed by atoms with Crippen LogP contribution in [0.15, 0.2) is 60.8 Å². The predicted molar refractivity (Wildman–Crippen MR) is 111 cm³/mol. The SMILES string of the molecule is COc1cccc(-c2nn(-c3ccccc3)cc2CN(C)C[C@H]2CCCO2)c1. The summed E-state index contributed by atoms with van der Waals surface area (Å²) in [6.45, 7) is 2.65. The van der Waals surface area contributed by atoms with E-state index in [9.17, 15) is 0 Å². The number of aromatic nitrogens is 2. The van der Waals surface area contributed by atoms with Gasteiger partial charge in [-0.1, -0.05) is 30.3 Å². The standard InChI is InChI=1S/C23H27N3O2/c1-25(17-22-12-7-13-28-22)15-19-16-26(20-9-4-3-5-10-20)24-23(19)18-8-6-11-21(14-18)27-2/h3-6,8-11,14,16,22H,7,12-13,15,17H2,1-2H3/t22-/m1/s1. The molecule has 2 heterocycles. The van der Waals surface area contributed by atoms with Crippen LogP contribution < -0.4 is 4.74 Å². The number of ether oxygens (including phenoxy) is 2. The normalized spacial score (nSPS) is 16.6. The molecule has 1 aliphatic heterocycles. The van der Waals surface area contributed by atoms with Gasteiger partial charge in [-0.15, -0.1) is 0 Å². The van der Waals surface area contributed by atoms with Gasteiger partial charge in [-0.05, 0) is 44.2 Å². The molecule has 1 atom stereocenters. The van der Waals surface area contributed by atoms with Gasteiger partial charge in [0.25, 0.3) is 0 Å². The van der Waals surface area contributed by atoms with E-state index in [0.29, 0.717) is 6.10 Å². The Morgan fingerprint density at radius 2 is 2.04 bits per heavy atom. The van der Waals surface area contributed by atoms with Crippen LogP contribution in [0.1, 0.15) is 18.4 Å². The molecule has 0 amide bonds. The number of para-hydroxylation sites is 1. The molecule has 5 nitrogen and oxygen atoms in total. The van der Waals surface area contributed by atoms with Crippen molar-refractivity contribution >= 4 is 0 Å². The van der Waals surface area contributed by atoms with E-state index >= 15 is 0 Å². The molecule has 3 aromatic rings. The van der Waals surface area contributed by atoms with E-state index in [1.807, 2.05) is 41.1 Å². The number of hydrogen-bond acceptors (Lipinski definition) is 4. The number of rotatable bonds is 7. The highest BCUT2D eigenvalue weighted by Gasteiger charge is 2.20. The zero-order valence-corrected chi connectivity index (χ0v) is 16.5. The molecule has 4 rings (SSSR count). The Labute approximate surface area is 166 Å². The largest absolute Gasteiger partial charge is 0.497 e. The van der Waals surface area contributed by atoms with Crippen molar-refractivity contribution in [3.63, 3.8) is 0 Å². The summed E-state index contributed by atoms with van der Waals surface area (Å²) in [6, 6.07) is 18.3. The van der Waals surface area contributed by atoms with Crippen LogP contribution in [0, 0.1) is 0 Å². The molecule has 0 unspecified atom stereocenters. The molecule has 1 saturated heterocycles. The van der Waals surface area contributed by atoms with E-state index in [1.165, 1.54) is 12.0 Å². The minimum atomic E-state index is 0.342. The van der Waals surface area contributed by atoms with Gasteiger partial charge >= 0.3 is 0 Å². The predicted octanol–water partition coefficient (Wildman–Crippen LogP) is 4.16. The van der Waals surface area contributed by atoms with Crippen molar-refractivity contribution < 1.29 is 9.47 Å². The zero-order chi connectivity index (χ0) is 19.3. The summed E-state index contributed by atoms with van der Waals surface area (Å²) in [5, 5.41) is 4.91. The maximum Gasteiger partial charge on any atom is 0.119 e. The second-order valence-electron chi connectivity index (χ2n) is 7.35. The first-order valence-electron chi connectivity index (χ1n) is 9.81. The molecule has 2 aromatic carbocycles. The van der Waals surface area contributed by atoms with Crippen LogP contribution in [0.25, 0.3) is 16.9 Å². The number of benzene rings is 2. The Kier molecular flexibility index (Phi) is 5.74. The van der Waals surface area contributed by atoms with E-state index in [0.717, 1.165) is 48.8 Å². The molecule has 0 radical (unpaired) electrons. The molecule has 28 heavy (non-hydrogen) atoms. The summed E-state index contributed by atoms with van der Waals surface area (Å²) in [7, 11) is 3.84. The highest BCUT2D eigenvalue weighted by Crippen LogP contribution is 2.28. The van der Waals surface area contributed by atoms with Gasteiger partial charge in [0, 0.05) is 37.0 Å². The monoisotopic (exact) mass is 377 g/mol. The second kappa shape index (κ2) is 8.59. The third-order valence-corrected chi connectivity index (χ3v) is 5.13. The average Bonchev–Trinajstić information content (AvgIpc) is 3.39. The quantitative estimate of drug-likeness (QED) is 0.620. The first kappa shape index (κ1) is 18.7. The van der Waals surface area contributed by atoms with Crippen LogP contribution in [-0.4, -0.2) is 48.1 Å². The summed E-state index contributed by atoms with van der Waals surface area (Å²) in [5.74, 6) is 0.838. The summed E-state index contributed by atoms with van der Waals surface area (Å²) in [5.41, 5.74) is 4.30. The lowest BCUT2D eigenvalue weighted by Crippen LogP contribution is -2.28. The third kappa shape index (κ3) is 4.26. The Bertz CT molecular complexity index is 901. The van der Waals surface area contributed by atoms with Crippen LogP contribution in [0.4, 0.5) is 0 Å². The minimum absolute atomic E-state index is 0.342. The van der Waals surface area contributed by atoms with Crippen LogP contribution >= 0.6 is 0 Å². The summed E-state index contributed by atoms with van der Waals surface area (Å²) in [4.78, 5) is 2.33. The summed E-state index contributed by atoms with van der Waals surface area (Å²) in [6.07, 6.45) is 4.79. The van der Waals surface area contributed by atoms with Crippen molar-refractivity contribution in [1.82, 2.24) is 14.7 Å². The van der Waals surface area contributed by atoms with Crippen molar-refractivity contribution in [1.29, 1.82) is 0 Å². The first-order chi connectivity index (χ1) is 13.7. The van der Waals surface area contributed by atoms with Crippen LogP contribution in [0.5, 0.6) is 5.75 Å². The smallest absolute Gasteiger partial charge is 0.119 e. The van der Waals surface area contributed by atoms with E-state index in [1.54, 1.807) is 7.11 Å². The molecule has 146 valence electrons. The van der Waals surface area contributed by atoms with Crippen LogP contribution in [0.2, 0.25) is 0 Å². The number of likely N-dealkylation sites (N-methyl/N-ethyl adjacent to an activating group) is 1. The number of methoxy groups -OCH3 is 1. The fourth-order valence-corrected chi connectivity index (χ4v) is 3.74. The molecule has 1 aliphatic rings. The van der Waals surface area contributed by atoms with Crippen molar-refractivity contribution in [3.8, 4) is 22.7 Å². The highest BCUT2D eigenvalue weighted by molar-refractivity contribution is 5.65. The Morgan fingerprint density at radius 1 is 1.18 bits per heavy atom. The maximum atomic E-state index is 5.80. The van der Waals surface area contributed by atoms with Gasteiger partial charge in [0.1, 0.15) is 5.75 Å². The maximum absolute atomic E-state index is 5.80. The lowest BCUT2D eigenvalue weighted by molar-refractivity contribution is 0.0793. The lowest BCUT2D eigenvalue weighted by Gasteiger charge is -2.20. The molecule has 0 saturated carbocycles. The third-order valence-electron chi connectivity index (χ3n) is 5.13. The molecule has 1 fully saturated rings. The zero-order valence-electron chi connectivity index (χ0n) is 16.5. The Hall–Kier alpha value is -2.63. The van der Waals surface area contributed by atoms with Gasteiger partial charge in [-0.3, -0.25) is 4.90 Å². The topological polar surface area (TPSA) is 39.5 Å². The summed E-state index contributed by atoms with van der Waals surface area (Å²) >= 11 is 0. The van der Waals surface area contributed by atoms with Crippen LogP contribution in [-0.2, 0) is 11.3 Å². The second-order valence-corrected chi connectivity index (χ2v) is 7.35. The van der Waals surface area contributed by atoms with E-state index in [2.05, 4.69) is 36.3 Å². The summed E-state index contributed by atoms with van der Waals surface area (Å²) < 4.78 is 13.2. The number of nitrogens with zero attached hydrogens (tertiary/aromatic N) is 3. The highest BCUT2D eigenvalue weighted by atomic mass is 16.5. The van der Waals surface area contributed by atoms with Gasteiger partial charge in [-0.25, -0.2) is 4.68 Å². The van der Waals surface area contributed by atoms with Crippen molar-refractivity contribution in [2.75, 3.05) is 27.3 Å². The lowest BCUT2D eigenvalue weighted by atomic mass is 10.1. The Balaban J connectivity index is 1.65. The molecule has 0 N–H and O–H groups in total. The van der Waals surface area contributed by atoms with E-state index in [4.69, 9.17) is 14.6 Å². The fraction of sp³-hybridized carbons (Fsp3) is 0.348. The fourth-order valence-electron chi connectivity index (χ4n) is 3.74. The first-order valence-corrected chi connectivity index (χ1v) is 9.81. The van der Waals surface area contributed by atoms with Crippen molar-refractivity contribution in [2.24, 2.45) is 0 Å². The Morgan fingerprint density at radius 3 is 2.79 bits per heavy atom. The van der Waals surface area contributed by atoms with Gasteiger partial charge in [0.05, 0.1) is 24.6 Å². The van der Waals surface area contributed by atoms with E-state index in [-0.39, 0.29) is 0 Å². The van der Waals surface area contributed by atoms with Gasteiger partial charge in [0.2, 0.25) is 0 Å². The van der Waals surface area contributed by atoms with Gasteiger partial charge in [0.15, 0.2) is 0 Å². The van der Waals surface area contributed by atoms with Crippen molar-refractivity contribution in [3.05, 3.63) is 66.4 Å². The molecular formula is C23H27N3O2. The molecule has 0 aliphatic carbocycles. The van der Waals surface area contributed by atoms with Gasteiger partial charge < -0.3 is 9.47 Å². The molecule has 1 aromatic heterocycles. The van der Waals surface area contributed by atoms with Gasteiger partial charge in [-0.2, -0.15) is 5.10 Å². The molecular weight excluding hydrogens is 350 g/mol. The molecule has 0 spiro atoms. The number of hydrogen-bond donors (Lipinski definition) is 0. The molecule has 5 heteroatoms. The van der Waals surface area contributed by atoms with Crippen molar-refractivity contribution in [2.45, 2.75) is 25.5 Å². The average molecular weight is 377 g/mol. The van der Waals surface area contributed by atoms with E-state index < -0.39 is 0 Å². The molecule has 0 bridgehead atoms. The van der Waals surface area contributed by atoms with Crippen LogP contribution in [0.3, 0.4) is 0 Å².